The van der Waals surface area contributed by atoms with Crippen molar-refractivity contribution in [1.82, 2.24) is 9.36 Å². The third kappa shape index (κ3) is 1.64. The number of hydrogen-bond acceptors (Lipinski definition) is 4. The van der Waals surface area contributed by atoms with E-state index in [2.05, 4.69) is 22.0 Å². The van der Waals surface area contributed by atoms with E-state index in [0.29, 0.717) is 11.7 Å². The van der Waals surface area contributed by atoms with E-state index in [0.717, 1.165) is 5.82 Å². The maximum Gasteiger partial charge on any atom is 0.152 e. The van der Waals surface area contributed by atoms with Crippen molar-refractivity contribution < 1.29 is 0 Å². The van der Waals surface area contributed by atoms with E-state index in [1.807, 2.05) is 0 Å². The van der Waals surface area contributed by atoms with Crippen molar-refractivity contribution in [2.75, 3.05) is 0 Å². The van der Waals surface area contributed by atoms with Gasteiger partial charge in [0, 0.05) is 5.92 Å². The molecule has 12 heavy (non-hydrogen) atoms. The minimum Gasteiger partial charge on any atom is -0.223 e. The zero-order valence-corrected chi connectivity index (χ0v) is 8.57. The Morgan fingerprint density at radius 1 is 1.42 bits per heavy atom. The summed E-state index contributed by atoms with van der Waals surface area (Å²) in [5.74, 6) is 2.27. The third-order valence-electron chi connectivity index (χ3n) is 2.33. The summed E-state index contributed by atoms with van der Waals surface area (Å²) in [6.45, 7) is 0. The zero-order valence-electron chi connectivity index (χ0n) is 6.86. The monoisotopic (exact) mass is 200 g/mol. The first-order valence-electron chi connectivity index (χ1n) is 4.33. The third-order valence-corrected chi connectivity index (χ3v) is 3.53. The predicted octanol–water partition coefficient (Wildman–Crippen LogP) is 2.63. The lowest BCUT2D eigenvalue weighted by Gasteiger charge is -2.00. The van der Waals surface area contributed by atoms with Gasteiger partial charge >= 0.3 is 0 Å². The molecule has 1 aliphatic rings. The molecule has 1 aliphatic carbocycles. The van der Waals surface area contributed by atoms with Crippen molar-refractivity contribution >= 4 is 24.2 Å². The molecule has 0 N–H and O–H groups in total. The van der Waals surface area contributed by atoms with Gasteiger partial charge < -0.3 is 0 Å². The van der Waals surface area contributed by atoms with Crippen LogP contribution >= 0.6 is 24.2 Å². The molecule has 0 radical (unpaired) electrons. The average molecular weight is 200 g/mol. The molecule has 0 spiro atoms. The molecule has 66 valence electrons. The van der Waals surface area contributed by atoms with Crippen LogP contribution in [0.5, 0.6) is 0 Å². The van der Waals surface area contributed by atoms with Gasteiger partial charge in [0.15, 0.2) is 5.82 Å². The molecule has 1 aromatic rings. The van der Waals surface area contributed by atoms with Crippen molar-refractivity contribution in [2.24, 2.45) is 0 Å². The van der Waals surface area contributed by atoms with Crippen molar-refractivity contribution in [3.63, 3.8) is 0 Å². The van der Waals surface area contributed by atoms with Gasteiger partial charge in [-0.1, -0.05) is 12.8 Å². The summed E-state index contributed by atoms with van der Waals surface area (Å²) >= 11 is 5.71. The first-order valence-corrected chi connectivity index (χ1v) is 5.74. The predicted molar refractivity (Wildman–Crippen MR) is 53.8 cm³/mol. The molecule has 4 heteroatoms. The van der Waals surface area contributed by atoms with Gasteiger partial charge in [-0.05, 0) is 24.4 Å². The molecule has 0 bridgehead atoms. The summed E-state index contributed by atoms with van der Waals surface area (Å²) in [4.78, 5) is 4.44. The Bertz CT molecular complexity index is 253. The Balaban J connectivity index is 2.11. The lowest BCUT2D eigenvalue weighted by atomic mass is 10.1. The van der Waals surface area contributed by atoms with Crippen LogP contribution in [0.3, 0.4) is 0 Å². The SMILES string of the molecule is SCc1nsc(C2CCCC2)n1. The van der Waals surface area contributed by atoms with Gasteiger partial charge in [-0.2, -0.15) is 17.0 Å². The Morgan fingerprint density at radius 3 is 2.75 bits per heavy atom. The van der Waals surface area contributed by atoms with E-state index >= 15 is 0 Å². The lowest BCUT2D eigenvalue weighted by molar-refractivity contribution is 0.713. The van der Waals surface area contributed by atoms with Crippen LogP contribution in [0, 0.1) is 0 Å². The first kappa shape index (κ1) is 8.51. The van der Waals surface area contributed by atoms with E-state index in [4.69, 9.17) is 0 Å². The molecule has 2 rings (SSSR count). The number of aromatic nitrogens is 2. The number of rotatable bonds is 2. The second-order valence-electron chi connectivity index (χ2n) is 3.19. The van der Waals surface area contributed by atoms with E-state index in [-0.39, 0.29) is 0 Å². The van der Waals surface area contributed by atoms with E-state index in [9.17, 15) is 0 Å². The van der Waals surface area contributed by atoms with Gasteiger partial charge in [0.25, 0.3) is 0 Å². The Labute approximate surface area is 82.0 Å². The van der Waals surface area contributed by atoms with Crippen LogP contribution in [0.1, 0.15) is 42.4 Å². The molecule has 2 nitrogen and oxygen atoms in total. The fourth-order valence-electron chi connectivity index (χ4n) is 1.67. The molecule has 0 amide bonds. The first-order chi connectivity index (χ1) is 5.90. The van der Waals surface area contributed by atoms with Gasteiger partial charge in [-0.25, -0.2) is 4.98 Å². The normalized spacial score (nSPS) is 18.8. The Hall–Kier alpha value is -0.0900. The van der Waals surface area contributed by atoms with Crippen LogP contribution in [0.15, 0.2) is 0 Å². The van der Waals surface area contributed by atoms with Crippen LogP contribution in [0.2, 0.25) is 0 Å². The molecular weight excluding hydrogens is 188 g/mol. The largest absolute Gasteiger partial charge is 0.223 e. The molecule has 0 unspecified atom stereocenters. The molecule has 1 saturated carbocycles. The van der Waals surface area contributed by atoms with Crippen molar-refractivity contribution in [1.29, 1.82) is 0 Å². The standard InChI is InChI=1S/C8H12N2S2/c11-5-7-9-8(12-10-7)6-3-1-2-4-6/h6,11H,1-5H2. The Morgan fingerprint density at radius 2 is 2.17 bits per heavy atom. The molecule has 1 heterocycles. The van der Waals surface area contributed by atoms with Crippen LogP contribution < -0.4 is 0 Å². The topological polar surface area (TPSA) is 25.8 Å². The van der Waals surface area contributed by atoms with Gasteiger partial charge in [-0.3, -0.25) is 0 Å². The molecule has 1 fully saturated rings. The highest BCUT2D eigenvalue weighted by atomic mass is 32.1. The highest BCUT2D eigenvalue weighted by Gasteiger charge is 2.20. The minimum absolute atomic E-state index is 0.670. The van der Waals surface area contributed by atoms with E-state index in [1.54, 1.807) is 11.5 Å². The van der Waals surface area contributed by atoms with Crippen molar-refractivity contribution in [3.05, 3.63) is 10.8 Å². The second-order valence-corrected chi connectivity index (χ2v) is 4.29. The summed E-state index contributed by atoms with van der Waals surface area (Å²) in [6.07, 6.45) is 5.34. The average Bonchev–Trinajstić information content (AvgIpc) is 2.75. The summed E-state index contributed by atoms with van der Waals surface area (Å²) in [7, 11) is 0. The fourth-order valence-corrected chi connectivity index (χ4v) is 2.74. The van der Waals surface area contributed by atoms with Gasteiger partial charge in [0.2, 0.25) is 0 Å². The molecular formula is C8H12N2S2. The number of hydrogen-bond donors (Lipinski definition) is 1. The summed E-state index contributed by atoms with van der Waals surface area (Å²) < 4.78 is 4.23. The molecule has 1 aromatic heterocycles. The van der Waals surface area contributed by atoms with Gasteiger partial charge in [-0.15, -0.1) is 0 Å². The van der Waals surface area contributed by atoms with Crippen LogP contribution in [-0.2, 0) is 5.75 Å². The fraction of sp³-hybridized carbons (Fsp3) is 0.750. The van der Waals surface area contributed by atoms with Gasteiger partial charge in [0.1, 0.15) is 5.01 Å². The summed E-state index contributed by atoms with van der Waals surface area (Å²) in [5, 5.41) is 1.23. The number of thiol groups is 1. The summed E-state index contributed by atoms with van der Waals surface area (Å²) in [6, 6.07) is 0. The van der Waals surface area contributed by atoms with Gasteiger partial charge in [0.05, 0.1) is 5.75 Å². The van der Waals surface area contributed by atoms with E-state index in [1.165, 1.54) is 30.7 Å². The second kappa shape index (κ2) is 3.75. The quantitative estimate of drug-likeness (QED) is 0.743. The lowest BCUT2D eigenvalue weighted by Crippen LogP contribution is -1.91. The highest BCUT2D eigenvalue weighted by Crippen LogP contribution is 2.34. The van der Waals surface area contributed by atoms with E-state index < -0.39 is 0 Å². The Kier molecular flexibility index (Phi) is 2.66. The zero-order chi connectivity index (χ0) is 8.39. The smallest absolute Gasteiger partial charge is 0.152 e. The van der Waals surface area contributed by atoms with Crippen LogP contribution in [-0.4, -0.2) is 9.36 Å². The maximum absolute atomic E-state index is 4.44. The molecule has 0 atom stereocenters. The summed E-state index contributed by atoms with van der Waals surface area (Å²) in [5.41, 5.74) is 0. The van der Waals surface area contributed by atoms with Crippen molar-refractivity contribution in [2.45, 2.75) is 37.4 Å². The molecule has 0 aliphatic heterocycles. The highest BCUT2D eigenvalue weighted by molar-refractivity contribution is 7.79. The maximum atomic E-state index is 4.44. The van der Waals surface area contributed by atoms with Crippen molar-refractivity contribution in [3.8, 4) is 0 Å². The number of nitrogens with zero attached hydrogens (tertiary/aromatic N) is 2. The van der Waals surface area contributed by atoms with Crippen LogP contribution in [0.25, 0.3) is 0 Å². The molecule has 0 aromatic carbocycles. The molecule has 0 saturated heterocycles. The van der Waals surface area contributed by atoms with Crippen LogP contribution in [0.4, 0.5) is 0 Å². The minimum atomic E-state index is 0.670.